The predicted octanol–water partition coefficient (Wildman–Crippen LogP) is 4.05. The van der Waals surface area contributed by atoms with E-state index in [1.807, 2.05) is 19.1 Å². The maximum atomic E-state index is 12.5. The molecule has 1 aromatic carbocycles. The van der Waals surface area contributed by atoms with Crippen molar-refractivity contribution >= 4 is 17.7 Å². The summed E-state index contributed by atoms with van der Waals surface area (Å²) in [5.74, 6) is 1.97. The van der Waals surface area contributed by atoms with Crippen LogP contribution in [0.4, 0.5) is 0 Å². The van der Waals surface area contributed by atoms with Gasteiger partial charge in [-0.2, -0.15) is 0 Å². The summed E-state index contributed by atoms with van der Waals surface area (Å²) >= 11 is 1.50. The molecular formula is C22H31N3O4S. The lowest BCUT2D eigenvalue weighted by Gasteiger charge is -2.17. The zero-order valence-corrected chi connectivity index (χ0v) is 19.2. The molecular weight excluding hydrogens is 402 g/mol. The maximum absolute atomic E-state index is 12.5. The summed E-state index contributed by atoms with van der Waals surface area (Å²) in [4.78, 5) is 17.2. The lowest BCUT2D eigenvalue weighted by molar-refractivity contribution is -0.118. The van der Waals surface area contributed by atoms with E-state index in [-0.39, 0.29) is 5.91 Å². The number of rotatable bonds is 9. The summed E-state index contributed by atoms with van der Waals surface area (Å²) in [5.41, 5.74) is 3.13. The molecule has 1 aromatic heterocycles. The lowest BCUT2D eigenvalue weighted by Crippen LogP contribution is -2.25. The highest BCUT2D eigenvalue weighted by molar-refractivity contribution is 7.99. The van der Waals surface area contributed by atoms with Crippen molar-refractivity contribution in [2.45, 2.75) is 57.3 Å². The fraction of sp³-hybridized carbons (Fsp3) is 0.545. The molecule has 0 atom stereocenters. The fourth-order valence-corrected chi connectivity index (χ4v) is 4.90. The van der Waals surface area contributed by atoms with Crippen molar-refractivity contribution in [2.24, 2.45) is 0 Å². The highest BCUT2D eigenvalue weighted by atomic mass is 32.2. The molecule has 0 saturated heterocycles. The van der Waals surface area contributed by atoms with Crippen molar-refractivity contribution in [3.63, 3.8) is 0 Å². The zero-order valence-electron chi connectivity index (χ0n) is 18.4. The number of thioether (sulfide) groups is 1. The molecule has 1 saturated carbocycles. The first-order valence-electron chi connectivity index (χ1n) is 10.2. The zero-order chi connectivity index (χ0) is 21.7. The first kappa shape index (κ1) is 22.3. The van der Waals surface area contributed by atoms with Gasteiger partial charge in [-0.3, -0.25) is 4.79 Å². The van der Waals surface area contributed by atoms with Gasteiger partial charge >= 0.3 is 0 Å². The largest absolute Gasteiger partial charge is 0.493 e. The summed E-state index contributed by atoms with van der Waals surface area (Å²) in [6.07, 6.45) is 4.91. The number of aryl methyl sites for hydroxylation is 1. The van der Waals surface area contributed by atoms with Crippen molar-refractivity contribution in [3.8, 4) is 17.2 Å². The first-order chi connectivity index (χ1) is 14.5. The van der Waals surface area contributed by atoms with Gasteiger partial charge in [-0.1, -0.05) is 24.6 Å². The monoisotopic (exact) mass is 433 g/mol. The summed E-state index contributed by atoms with van der Waals surface area (Å²) in [7, 11) is 4.72. The van der Waals surface area contributed by atoms with Gasteiger partial charge in [0.2, 0.25) is 11.7 Å². The molecule has 0 spiro atoms. The van der Waals surface area contributed by atoms with Gasteiger partial charge in [0.25, 0.3) is 0 Å². The second-order valence-corrected chi connectivity index (χ2v) is 8.41. The highest BCUT2D eigenvalue weighted by Crippen LogP contribution is 2.38. The number of aromatic nitrogens is 2. The Kier molecular flexibility index (Phi) is 7.53. The van der Waals surface area contributed by atoms with Gasteiger partial charge in [-0.15, -0.1) is 0 Å². The molecule has 1 heterocycles. The Bertz CT molecular complexity index is 866. The van der Waals surface area contributed by atoms with Crippen LogP contribution >= 0.6 is 11.8 Å². The second-order valence-electron chi connectivity index (χ2n) is 7.47. The third-order valence-corrected chi connectivity index (χ3v) is 6.54. The predicted molar refractivity (Wildman–Crippen MR) is 118 cm³/mol. The van der Waals surface area contributed by atoms with E-state index in [2.05, 4.69) is 16.8 Å². The van der Waals surface area contributed by atoms with Crippen LogP contribution in [0.1, 0.15) is 48.7 Å². The van der Waals surface area contributed by atoms with E-state index >= 15 is 0 Å². The summed E-state index contributed by atoms with van der Waals surface area (Å²) in [6, 6.07) is 4.19. The van der Waals surface area contributed by atoms with E-state index in [9.17, 15) is 4.79 Å². The normalized spacial score (nSPS) is 14.0. The Morgan fingerprint density at radius 3 is 2.33 bits per heavy atom. The molecule has 7 nitrogen and oxygen atoms in total. The Labute approximate surface area is 182 Å². The van der Waals surface area contributed by atoms with Crippen molar-refractivity contribution in [1.82, 2.24) is 14.9 Å². The van der Waals surface area contributed by atoms with Crippen LogP contribution in [0.25, 0.3) is 0 Å². The third kappa shape index (κ3) is 4.86. The molecule has 1 fully saturated rings. The minimum absolute atomic E-state index is 0.0370. The first-order valence-corrected chi connectivity index (χ1v) is 11.2. The van der Waals surface area contributed by atoms with Crippen molar-refractivity contribution in [2.75, 3.05) is 27.1 Å². The average Bonchev–Trinajstić information content (AvgIpc) is 3.37. The van der Waals surface area contributed by atoms with Gasteiger partial charge in [-0.05, 0) is 44.4 Å². The molecule has 0 aliphatic heterocycles. The van der Waals surface area contributed by atoms with Gasteiger partial charge < -0.3 is 24.1 Å². The van der Waals surface area contributed by atoms with E-state index < -0.39 is 0 Å². The number of nitrogens with one attached hydrogen (secondary N) is 1. The molecule has 1 aliphatic rings. The molecule has 8 heteroatoms. The van der Waals surface area contributed by atoms with Crippen LogP contribution < -0.4 is 19.5 Å². The standard InChI is InChI=1S/C22H31N3O4S/c1-14-15(2)25(17-8-6-7-9-17)22(24-14)30-13-20(26)23-12-16-10-18(27-3)21(29-5)19(11-16)28-4/h10-11,17H,6-9,12-13H2,1-5H3,(H,23,26). The fourth-order valence-electron chi connectivity index (χ4n) is 3.91. The number of imidazole rings is 1. The Hall–Kier alpha value is -2.35. The van der Waals surface area contributed by atoms with Gasteiger partial charge in [0.1, 0.15) is 0 Å². The van der Waals surface area contributed by atoms with Crippen LogP contribution in [0.2, 0.25) is 0 Å². The minimum atomic E-state index is -0.0370. The Morgan fingerprint density at radius 1 is 1.13 bits per heavy atom. The quantitative estimate of drug-likeness (QED) is 0.602. The Balaban J connectivity index is 1.62. The van der Waals surface area contributed by atoms with Crippen LogP contribution in [0.15, 0.2) is 17.3 Å². The van der Waals surface area contributed by atoms with Crippen LogP contribution in [0.3, 0.4) is 0 Å². The molecule has 3 rings (SSSR count). The highest BCUT2D eigenvalue weighted by Gasteiger charge is 2.23. The topological polar surface area (TPSA) is 74.6 Å². The number of carbonyl (C=O) groups excluding carboxylic acids is 1. The van der Waals surface area contributed by atoms with Crippen molar-refractivity contribution < 1.29 is 19.0 Å². The summed E-state index contributed by atoms with van der Waals surface area (Å²) in [6.45, 7) is 4.54. The number of methoxy groups -OCH3 is 3. The molecule has 1 N–H and O–H groups in total. The minimum Gasteiger partial charge on any atom is -0.493 e. The summed E-state index contributed by atoms with van der Waals surface area (Å²) < 4.78 is 18.4. The molecule has 0 unspecified atom stereocenters. The van der Waals surface area contributed by atoms with Crippen molar-refractivity contribution in [1.29, 1.82) is 0 Å². The summed E-state index contributed by atoms with van der Waals surface area (Å²) in [5, 5.41) is 3.92. The third-order valence-electron chi connectivity index (χ3n) is 5.59. The SMILES string of the molecule is COc1cc(CNC(=O)CSc2nc(C)c(C)n2C2CCCC2)cc(OC)c1OC. The van der Waals surface area contributed by atoms with Crippen LogP contribution in [-0.4, -0.2) is 42.5 Å². The number of amides is 1. The Morgan fingerprint density at radius 2 is 1.77 bits per heavy atom. The molecule has 0 bridgehead atoms. The molecule has 1 amide bonds. The molecule has 164 valence electrons. The lowest BCUT2D eigenvalue weighted by atomic mass is 10.2. The average molecular weight is 434 g/mol. The molecule has 0 radical (unpaired) electrons. The van der Waals surface area contributed by atoms with Crippen LogP contribution in [-0.2, 0) is 11.3 Å². The number of benzene rings is 1. The number of nitrogens with zero attached hydrogens (tertiary/aromatic N) is 2. The smallest absolute Gasteiger partial charge is 0.230 e. The second kappa shape index (κ2) is 10.1. The molecule has 30 heavy (non-hydrogen) atoms. The van der Waals surface area contributed by atoms with Crippen LogP contribution in [0, 0.1) is 13.8 Å². The van der Waals surface area contributed by atoms with Gasteiger partial charge in [0.05, 0.1) is 32.8 Å². The van der Waals surface area contributed by atoms with Gasteiger partial charge in [0, 0.05) is 18.3 Å². The van der Waals surface area contributed by atoms with Crippen molar-refractivity contribution in [3.05, 3.63) is 29.1 Å². The van der Waals surface area contributed by atoms with Gasteiger partial charge in [-0.25, -0.2) is 4.98 Å². The van der Waals surface area contributed by atoms with E-state index in [0.717, 1.165) is 16.4 Å². The molecule has 1 aliphatic carbocycles. The van der Waals surface area contributed by atoms with E-state index in [1.165, 1.54) is 43.1 Å². The maximum Gasteiger partial charge on any atom is 0.230 e. The number of ether oxygens (including phenoxy) is 3. The number of hydrogen-bond donors (Lipinski definition) is 1. The molecule has 2 aromatic rings. The van der Waals surface area contributed by atoms with Crippen LogP contribution in [0.5, 0.6) is 17.2 Å². The van der Waals surface area contributed by atoms with Gasteiger partial charge in [0.15, 0.2) is 16.7 Å². The van der Waals surface area contributed by atoms with E-state index in [0.29, 0.717) is 35.6 Å². The number of hydrogen-bond acceptors (Lipinski definition) is 6. The van der Waals surface area contributed by atoms with E-state index in [1.54, 1.807) is 21.3 Å². The van der Waals surface area contributed by atoms with E-state index in [4.69, 9.17) is 19.2 Å². The number of carbonyl (C=O) groups is 1.